The molecule has 5 heteroatoms. The minimum Gasteiger partial charge on any atom is -0.0903 e. The van der Waals surface area contributed by atoms with Crippen LogP contribution in [-0.2, 0) is 0 Å². The molecule has 0 nitrogen and oxygen atoms in total. The first-order valence-electron chi connectivity index (χ1n) is 1.72. The van der Waals surface area contributed by atoms with Crippen molar-refractivity contribution in [1.29, 1.82) is 0 Å². The van der Waals surface area contributed by atoms with E-state index < -0.39 is 0 Å². The van der Waals surface area contributed by atoms with E-state index in [0.29, 0.717) is 0 Å². The topological polar surface area (TPSA) is 0 Å². The summed E-state index contributed by atoms with van der Waals surface area (Å²) < 4.78 is 0.141. The molecule has 0 bridgehead atoms. The summed E-state index contributed by atoms with van der Waals surface area (Å²) in [4.78, 5) is 0. The van der Waals surface area contributed by atoms with Gasteiger partial charge >= 0.3 is 0 Å². The molecule has 0 aromatic carbocycles. The molecule has 0 saturated heterocycles. The minimum atomic E-state index is -0.0833. The Morgan fingerprint density at radius 1 is 1.25 bits per heavy atom. The fourth-order valence-corrected chi connectivity index (χ4v) is 1.57. The summed E-state index contributed by atoms with van der Waals surface area (Å²) in [5.74, 6) is 0. The van der Waals surface area contributed by atoms with Crippen molar-refractivity contribution in [3.05, 3.63) is 0 Å². The van der Waals surface area contributed by atoms with Gasteiger partial charge < -0.3 is 0 Å². The Balaban J connectivity index is 3.71. The van der Waals surface area contributed by atoms with Gasteiger partial charge in [0.15, 0.2) is 0 Å². The summed E-state index contributed by atoms with van der Waals surface area (Å²) in [6.45, 7) is 0. The van der Waals surface area contributed by atoms with Gasteiger partial charge in [-0.1, -0.05) is 79.6 Å². The molecule has 0 saturated carbocycles. The average molecular weight is 439 g/mol. The van der Waals surface area contributed by atoms with Gasteiger partial charge in [-0.3, -0.25) is 0 Å². The van der Waals surface area contributed by atoms with Gasteiger partial charge in [0.1, 0.15) is 3.23 Å². The van der Waals surface area contributed by atoms with Crippen molar-refractivity contribution < 1.29 is 0 Å². The molecule has 0 N–H and O–H groups in total. The Bertz CT molecular complexity index is 68.1. The third kappa shape index (κ3) is 3.54. The van der Waals surface area contributed by atoms with Gasteiger partial charge in [-0.15, -0.1) is 0 Å². The molecule has 0 fully saturated rings. The number of hydrogen-bond donors (Lipinski definition) is 0. The third-order valence-corrected chi connectivity index (χ3v) is 8.38. The molecule has 0 aliphatic carbocycles. The fraction of sp³-hybridized carbons (Fsp3) is 1.00. The van der Waals surface area contributed by atoms with Crippen LogP contribution in [0, 0.1) is 0 Å². The molecule has 0 aromatic heterocycles. The lowest BCUT2D eigenvalue weighted by Gasteiger charge is -2.17. The zero-order valence-corrected chi connectivity index (χ0v) is 11.6. The van der Waals surface area contributed by atoms with Crippen molar-refractivity contribution in [2.24, 2.45) is 0 Å². The van der Waals surface area contributed by atoms with Crippen LogP contribution in [0.5, 0.6) is 0 Å². The van der Waals surface area contributed by atoms with E-state index in [0.717, 1.165) is 5.33 Å². The smallest absolute Gasteiger partial charge is 0.0903 e. The minimum absolute atomic E-state index is 0.0833. The maximum atomic E-state index is 3.42. The average Bonchev–Trinajstić information content (AvgIpc) is 1.67. The largest absolute Gasteiger partial charge is 0.112 e. The maximum Gasteiger partial charge on any atom is 0.112 e. The van der Waals surface area contributed by atoms with Crippen LogP contribution in [0.15, 0.2) is 0 Å². The van der Waals surface area contributed by atoms with E-state index in [1.807, 2.05) is 0 Å². The predicted molar refractivity (Wildman–Crippen MR) is 56.0 cm³/mol. The summed E-state index contributed by atoms with van der Waals surface area (Å²) in [6, 6.07) is 0. The standard InChI is InChI=1S/C3H3Br5/c4-1-3(7,8)2(5)6/h2H,1H2. The van der Waals surface area contributed by atoms with Crippen LogP contribution in [0.3, 0.4) is 0 Å². The molecule has 50 valence electrons. The zero-order valence-electron chi connectivity index (χ0n) is 3.67. The Labute approximate surface area is 90.8 Å². The van der Waals surface area contributed by atoms with Crippen LogP contribution in [0.2, 0.25) is 0 Å². The Kier molecular flexibility index (Phi) is 5.61. The molecular formula is C3H3Br5. The molecular weight excluding hydrogens is 436 g/mol. The molecule has 0 spiro atoms. The Morgan fingerprint density at radius 3 is 1.62 bits per heavy atom. The van der Waals surface area contributed by atoms with Gasteiger partial charge in [0.25, 0.3) is 0 Å². The van der Waals surface area contributed by atoms with E-state index in [4.69, 9.17) is 0 Å². The summed E-state index contributed by atoms with van der Waals surface area (Å²) in [6.07, 6.45) is 0. The van der Waals surface area contributed by atoms with Crippen molar-refractivity contribution in [3.8, 4) is 0 Å². The highest BCUT2D eigenvalue weighted by molar-refractivity contribution is 9.30. The summed E-state index contributed by atoms with van der Waals surface area (Å²) in [5, 5.41) is 0.834. The van der Waals surface area contributed by atoms with Gasteiger partial charge in [0.05, 0.1) is 3.74 Å². The molecule has 0 rings (SSSR count). The van der Waals surface area contributed by atoms with E-state index in [9.17, 15) is 0 Å². The highest BCUT2D eigenvalue weighted by Crippen LogP contribution is 2.39. The van der Waals surface area contributed by atoms with Crippen molar-refractivity contribution in [2.75, 3.05) is 5.33 Å². The van der Waals surface area contributed by atoms with Crippen LogP contribution >= 0.6 is 79.6 Å². The second kappa shape index (κ2) is 4.31. The van der Waals surface area contributed by atoms with Gasteiger partial charge in [0, 0.05) is 5.33 Å². The summed E-state index contributed by atoms with van der Waals surface area (Å²) in [7, 11) is 0. The van der Waals surface area contributed by atoms with Crippen molar-refractivity contribution in [2.45, 2.75) is 6.97 Å². The van der Waals surface area contributed by atoms with Crippen LogP contribution < -0.4 is 0 Å². The molecule has 0 unspecified atom stereocenters. The monoisotopic (exact) mass is 434 g/mol. The van der Waals surface area contributed by atoms with Gasteiger partial charge in [-0.05, 0) is 0 Å². The second-order valence-corrected chi connectivity index (χ2v) is 8.71. The molecule has 0 atom stereocenters. The molecule has 0 amide bonds. The molecule has 0 radical (unpaired) electrons. The molecule has 8 heavy (non-hydrogen) atoms. The predicted octanol–water partition coefficient (Wildman–Crippen LogP) is 3.98. The van der Waals surface area contributed by atoms with E-state index in [1.165, 1.54) is 0 Å². The summed E-state index contributed by atoms with van der Waals surface area (Å²) in [5.41, 5.74) is 0. The first-order chi connectivity index (χ1) is 3.50. The number of rotatable bonds is 2. The lowest BCUT2D eigenvalue weighted by molar-refractivity contribution is 1.10. The highest BCUT2D eigenvalue weighted by atomic mass is 79.9. The maximum absolute atomic E-state index is 3.42. The van der Waals surface area contributed by atoms with E-state index in [-0.39, 0.29) is 6.97 Å². The zero-order chi connectivity index (χ0) is 6.78. The van der Waals surface area contributed by atoms with Gasteiger partial charge in [0.2, 0.25) is 0 Å². The van der Waals surface area contributed by atoms with E-state index in [2.05, 4.69) is 79.6 Å². The van der Waals surface area contributed by atoms with Crippen molar-refractivity contribution in [1.82, 2.24) is 0 Å². The third-order valence-electron chi connectivity index (χ3n) is 0.497. The van der Waals surface area contributed by atoms with Gasteiger partial charge in [-0.25, -0.2) is 0 Å². The van der Waals surface area contributed by atoms with E-state index in [1.54, 1.807) is 0 Å². The van der Waals surface area contributed by atoms with Crippen LogP contribution in [-0.4, -0.2) is 12.3 Å². The van der Waals surface area contributed by atoms with Crippen LogP contribution in [0.4, 0.5) is 0 Å². The number of halogens is 5. The lowest BCUT2D eigenvalue weighted by Crippen LogP contribution is -2.20. The molecule has 0 aromatic rings. The fourth-order valence-electron chi connectivity index (χ4n) is 0.0583. The normalized spacial score (nSPS) is 12.8. The molecule has 0 heterocycles. The SMILES string of the molecule is BrCC(Br)(Br)C(Br)Br. The molecule has 0 aliphatic heterocycles. The number of hydrogen-bond acceptors (Lipinski definition) is 0. The first-order valence-corrected chi connectivity index (χ1v) is 6.26. The Hall–Kier alpha value is 2.40. The van der Waals surface area contributed by atoms with E-state index >= 15 is 0 Å². The van der Waals surface area contributed by atoms with Crippen LogP contribution in [0.1, 0.15) is 0 Å². The number of alkyl halides is 5. The van der Waals surface area contributed by atoms with Crippen molar-refractivity contribution in [3.63, 3.8) is 0 Å². The highest BCUT2D eigenvalue weighted by Gasteiger charge is 2.28. The second-order valence-electron chi connectivity index (χ2n) is 1.20. The Morgan fingerprint density at radius 2 is 1.62 bits per heavy atom. The molecule has 0 aliphatic rings. The lowest BCUT2D eigenvalue weighted by atomic mass is 10.6. The van der Waals surface area contributed by atoms with Gasteiger partial charge in [-0.2, -0.15) is 0 Å². The first kappa shape index (κ1) is 10.4. The summed E-state index contributed by atoms with van der Waals surface area (Å²) >= 11 is 16.9. The van der Waals surface area contributed by atoms with Crippen LogP contribution in [0.25, 0.3) is 0 Å². The van der Waals surface area contributed by atoms with Crippen molar-refractivity contribution >= 4 is 79.6 Å². The quantitative estimate of drug-likeness (QED) is 0.572.